The fraction of sp³-hybridized carbons (Fsp3) is 0.548. The summed E-state index contributed by atoms with van der Waals surface area (Å²) < 4.78 is 19.3. The van der Waals surface area contributed by atoms with Crippen LogP contribution in [-0.2, 0) is 4.84 Å². The SMILES string of the molecule is COc1ccc2c(c1)NC1C2C2(CCN(CC3CC(c4ccccc4)ON3C3CCCCCCC3)CC2)CN(C(=O)Nc2ccc(F)cc2)[C@H]1CO. The van der Waals surface area contributed by atoms with Gasteiger partial charge >= 0.3 is 6.03 Å². The molecule has 4 fully saturated rings. The maximum absolute atomic E-state index is 14.0. The average molecular weight is 712 g/mol. The van der Waals surface area contributed by atoms with E-state index in [1.165, 1.54) is 68.2 Å². The second-order valence-corrected chi connectivity index (χ2v) is 15.8. The lowest BCUT2D eigenvalue weighted by Gasteiger charge is -2.56. The minimum atomic E-state index is -0.435. The number of benzene rings is 3. The third-order valence-electron chi connectivity index (χ3n) is 12.8. The van der Waals surface area contributed by atoms with Crippen LogP contribution < -0.4 is 15.4 Å². The van der Waals surface area contributed by atoms with Gasteiger partial charge in [-0.25, -0.2) is 9.18 Å². The van der Waals surface area contributed by atoms with Gasteiger partial charge in [0.05, 0.1) is 31.8 Å². The summed E-state index contributed by atoms with van der Waals surface area (Å²) in [7, 11) is 1.68. The number of carbonyl (C=O) groups is 1. The van der Waals surface area contributed by atoms with Gasteiger partial charge < -0.3 is 30.3 Å². The molecule has 3 saturated heterocycles. The van der Waals surface area contributed by atoms with Crippen LogP contribution in [0.15, 0.2) is 72.8 Å². The van der Waals surface area contributed by atoms with Crippen molar-refractivity contribution in [3.05, 3.63) is 89.7 Å². The van der Waals surface area contributed by atoms with Gasteiger partial charge in [0.1, 0.15) is 17.7 Å². The molecular formula is C42H54FN5O4. The van der Waals surface area contributed by atoms with E-state index in [2.05, 4.69) is 57.0 Å². The number of rotatable bonds is 7. The normalized spacial score (nSPS) is 28.1. The van der Waals surface area contributed by atoms with Crippen LogP contribution in [0.3, 0.4) is 0 Å². The van der Waals surface area contributed by atoms with Crippen molar-refractivity contribution in [2.75, 3.05) is 50.5 Å². The van der Waals surface area contributed by atoms with E-state index in [0.29, 0.717) is 24.3 Å². The predicted molar refractivity (Wildman–Crippen MR) is 201 cm³/mol. The zero-order valence-corrected chi connectivity index (χ0v) is 30.4. The highest BCUT2D eigenvalue weighted by Crippen LogP contribution is 2.57. The molecule has 0 aromatic heterocycles. The van der Waals surface area contributed by atoms with Crippen molar-refractivity contribution in [1.29, 1.82) is 0 Å². The maximum atomic E-state index is 14.0. The first kappa shape index (κ1) is 35.3. The number of hydroxylamine groups is 2. The predicted octanol–water partition coefficient (Wildman–Crippen LogP) is 7.56. The van der Waals surface area contributed by atoms with Crippen LogP contribution in [0.1, 0.15) is 87.4 Å². The number of nitrogens with zero attached hydrogens (tertiary/aromatic N) is 3. The zero-order chi connectivity index (χ0) is 35.7. The molecule has 3 aromatic rings. The molecule has 278 valence electrons. The summed E-state index contributed by atoms with van der Waals surface area (Å²) in [6.07, 6.45) is 11.8. The molecule has 1 saturated carbocycles. The third-order valence-corrected chi connectivity index (χ3v) is 12.8. The first-order chi connectivity index (χ1) is 25.4. The summed E-state index contributed by atoms with van der Waals surface area (Å²) in [5, 5.41) is 20.0. The van der Waals surface area contributed by atoms with Gasteiger partial charge in [-0.3, -0.25) is 4.84 Å². The van der Waals surface area contributed by atoms with E-state index in [-0.39, 0.29) is 41.9 Å². The molecule has 52 heavy (non-hydrogen) atoms. The number of fused-ring (bicyclic) bond motifs is 4. The fourth-order valence-corrected chi connectivity index (χ4v) is 10.1. The van der Waals surface area contributed by atoms with E-state index < -0.39 is 6.04 Å². The Bertz CT molecular complexity index is 1660. The van der Waals surface area contributed by atoms with Crippen molar-refractivity contribution >= 4 is 17.4 Å². The second kappa shape index (κ2) is 15.3. The molecule has 4 aliphatic heterocycles. The van der Waals surface area contributed by atoms with Crippen LogP contribution >= 0.6 is 0 Å². The molecule has 10 heteroatoms. The maximum Gasteiger partial charge on any atom is 0.322 e. The van der Waals surface area contributed by atoms with Crippen LogP contribution in [0.25, 0.3) is 0 Å². The molecule has 9 nitrogen and oxygen atoms in total. The van der Waals surface area contributed by atoms with E-state index in [4.69, 9.17) is 9.57 Å². The number of methoxy groups -OCH3 is 1. The Morgan fingerprint density at radius 3 is 2.44 bits per heavy atom. The standard InChI is InChI=1S/C42H54FN5O4/c1-51-34-18-19-35-36(25-34)45-40-37(27-49)47(41(50)44-31-16-14-30(43)15-17-31)28-42(39(35)40)20-22-46(23-21-42)26-33-24-38(29-10-6-5-7-11-29)52-48(33)32-12-8-3-2-4-9-13-32/h5-7,10-11,14-19,25,32-33,37-40,45,49H,2-4,8-9,12-13,20-24,26-28H2,1H3,(H,44,50)/t33?,37-,38?,39?,40?/m0/s1. The van der Waals surface area contributed by atoms with Gasteiger partial charge in [0.2, 0.25) is 0 Å². The summed E-state index contributed by atoms with van der Waals surface area (Å²) in [4.78, 5) is 25.4. The quantitative estimate of drug-likeness (QED) is 0.233. The van der Waals surface area contributed by atoms with Crippen molar-refractivity contribution in [2.45, 2.75) is 100 Å². The first-order valence-corrected chi connectivity index (χ1v) is 19.6. The van der Waals surface area contributed by atoms with Gasteiger partial charge in [-0.15, -0.1) is 0 Å². The van der Waals surface area contributed by atoms with Crippen LogP contribution in [0, 0.1) is 11.2 Å². The molecule has 4 heterocycles. The average Bonchev–Trinajstić information content (AvgIpc) is 3.76. The largest absolute Gasteiger partial charge is 0.497 e. The molecule has 5 aliphatic rings. The van der Waals surface area contributed by atoms with Crippen LogP contribution in [-0.4, -0.2) is 90.1 Å². The molecular weight excluding hydrogens is 657 g/mol. The minimum Gasteiger partial charge on any atom is -0.497 e. The van der Waals surface area contributed by atoms with E-state index in [9.17, 15) is 14.3 Å². The number of halogens is 1. The Kier molecular flexibility index (Phi) is 10.4. The summed E-state index contributed by atoms with van der Waals surface area (Å²) >= 11 is 0. The molecule has 0 radical (unpaired) electrons. The molecule has 1 spiro atoms. The lowest BCUT2D eigenvalue weighted by Crippen LogP contribution is -2.65. The minimum absolute atomic E-state index is 0.0773. The van der Waals surface area contributed by atoms with Crippen molar-refractivity contribution in [2.24, 2.45) is 5.41 Å². The number of amides is 2. The summed E-state index contributed by atoms with van der Waals surface area (Å²) in [5.74, 6) is 0.557. The van der Waals surface area contributed by atoms with E-state index in [1.807, 2.05) is 17.0 Å². The van der Waals surface area contributed by atoms with E-state index in [1.54, 1.807) is 19.2 Å². The second-order valence-electron chi connectivity index (χ2n) is 15.8. The highest BCUT2D eigenvalue weighted by atomic mass is 19.1. The van der Waals surface area contributed by atoms with Crippen molar-refractivity contribution < 1.29 is 23.9 Å². The first-order valence-electron chi connectivity index (χ1n) is 19.6. The molecule has 3 N–H and O–H groups in total. The number of nitrogens with one attached hydrogen (secondary N) is 2. The Hall–Kier alpha value is -3.70. The fourth-order valence-electron chi connectivity index (χ4n) is 10.1. The highest BCUT2D eigenvalue weighted by molar-refractivity contribution is 5.90. The number of hydrogen-bond acceptors (Lipinski definition) is 7. The van der Waals surface area contributed by atoms with Crippen molar-refractivity contribution in [1.82, 2.24) is 14.9 Å². The molecule has 8 rings (SSSR count). The number of carbonyl (C=O) groups excluding carboxylic acids is 1. The molecule has 4 unspecified atom stereocenters. The molecule has 5 atom stereocenters. The number of ether oxygens (including phenoxy) is 1. The number of aliphatic hydroxyl groups is 1. The zero-order valence-electron chi connectivity index (χ0n) is 30.4. The Labute approximate surface area is 307 Å². The molecule has 0 bridgehead atoms. The Morgan fingerprint density at radius 2 is 1.73 bits per heavy atom. The Morgan fingerprint density at radius 1 is 1.00 bits per heavy atom. The lowest BCUT2D eigenvalue weighted by molar-refractivity contribution is -0.197. The topological polar surface area (TPSA) is 89.5 Å². The third kappa shape index (κ3) is 7.02. The number of urea groups is 1. The highest BCUT2D eigenvalue weighted by Gasteiger charge is 2.57. The number of piperidine rings is 2. The van der Waals surface area contributed by atoms with Crippen LogP contribution in [0.4, 0.5) is 20.6 Å². The van der Waals surface area contributed by atoms with Crippen LogP contribution in [0.5, 0.6) is 5.75 Å². The molecule has 3 aromatic carbocycles. The van der Waals surface area contributed by atoms with Gasteiger partial charge in [-0.2, -0.15) is 5.06 Å². The Balaban J connectivity index is 1.04. The van der Waals surface area contributed by atoms with Gasteiger partial charge in [0.25, 0.3) is 0 Å². The van der Waals surface area contributed by atoms with E-state index in [0.717, 1.165) is 50.3 Å². The number of aliphatic hydroxyl groups excluding tert-OH is 1. The number of likely N-dealkylation sites (tertiary alicyclic amines) is 2. The van der Waals surface area contributed by atoms with Crippen molar-refractivity contribution in [3.8, 4) is 5.75 Å². The lowest BCUT2D eigenvalue weighted by atomic mass is 9.60. The monoisotopic (exact) mass is 711 g/mol. The van der Waals surface area contributed by atoms with Gasteiger partial charge in [-0.1, -0.05) is 68.5 Å². The number of anilines is 2. The van der Waals surface area contributed by atoms with Crippen molar-refractivity contribution in [3.63, 3.8) is 0 Å². The summed E-state index contributed by atoms with van der Waals surface area (Å²) in [5.41, 5.74) is 3.84. The van der Waals surface area contributed by atoms with Gasteiger partial charge in [0.15, 0.2) is 0 Å². The van der Waals surface area contributed by atoms with E-state index >= 15 is 0 Å². The van der Waals surface area contributed by atoms with Crippen LogP contribution in [0.2, 0.25) is 0 Å². The smallest absolute Gasteiger partial charge is 0.322 e. The van der Waals surface area contributed by atoms with Gasteiger partial charge in [0, 0.05) is 42.5 Å². The van der Waals surface area contributed by atoms with Gasteiger partial charge in [-0.05, 0) is 92.1 Å². The number of hydrogen-bond donors (Lipinski definition) is 3. The molecule has 2 amide bonds. The molecule has 1 aliphatic carbocycles. The summed E-state index contributed by atoms with van der Waals surface area (Å²) in [6, 6.07) is 22.7. The summed E-state index contributed by atoms with van der Waals surface area (Å²) in [6.45, 7) is 3.18.